The number of rotatable bonds is 12. The Kier molecular flexibility index (Phi) is 9.83. The van der Waals surface area contributed by atoms with E-state index in [-0.39, 0.29) is 36.2 Å². The minimum absolute atomic E-state index is 0.0787. The fraction of sp³-hybridized carbons (Fsp3) is 0.441. The number of hydrogen-bond donors (Lipinski definition) is 3. The number of fused-ring (bicyclic) bond motifs is 3. The molecule has 0 bridgehead atoms. The average molecular weight is 586 g/mol. The molecule has 0 radical (unpaired) electrons. The number of hydrogen-bond acceptors (Lipinski definition) is 6. The Morgan fingerprint density at radius 3 is 2.47 bits per heavy atom. The van der Waals surface area contributed by atoms with Gasteiger partial charge in [0.05, 0.1) is 17.9 Å². The minimum atomic E-state index is -1.04. The molecule has 0 unspecified atom stereocenters. The molecule has 2 amide bonds. The summed E-state index contributed by atoms with van der Waals surface area (Å²) >= 11 is 0. The fourth-order valence-electron chi connectivity index (χ4n) is 7.15. The Hall–Kier alpha value is -3.69. The van der Waals surface area contributed by atoms with Crippen LogP contribution in [0.15, 0.2) is 65.7 Å². The highest BCUT2D eigenvalue weighted by atomic mass is 16.5. The lowest BCUT2D eigenvalue weighted by molar-refractivity contribution is -0.141. The minimum Gasteiger partial charge on any atom is -0.507 e. The number of likely N-dealkylation sites (tertiary alicyclic amines) is 1. The summed E-state index contributed by atoms with van der Waals surface area (Å²) in [5.74, 6) is -2.17. The lowest BCUT2D eigenvalue weighted by Gasteiger charge is -2.43. The molecule has 3 aliphatic rings. The number of carbonyl (C=O) groups is 3. The number of carboxylic acids is 1. The van der Waals surface area contributed by atoms with Crippen LogP contribution in [0.1, 0.15) is 69.4 Å². The van der Waals surface area contributed by atoms with Crippen molar-refractivity contribution in [1.82, 2.24) is 4.90 Å². The van der Waals surface area contributed by atoms with E-state index in [4.69, 9.17) is 9.76 Å². The predicted molar refractivity (Wildman–Crippen MR) is 165 cm³/mol. The van der Waals surface area contributed by atoms with Crippen LogP contribution in [0.4, 0.5) is 0 Å². The molecule has 2 aromatic carbocycles. The SMILES string of the molecule is CCC1=C2[C@@H](CC/C(=C/c3ccccc3O)c3ccccc3)OB(O)C[C@@H]2[C@@H]2C(=O)N(CCCCCC(=O)O)C(=O)[C@@H]2C1. The molecular weight excluding hydrogens is 545 g/mol. The Labute approximate surface area is 253 Å². The van der Waals surface area contributed by atoms with E-state index < -0.39 is 31.0 Å². The molecule has 2 fully saturated rings. The quantitative estimate of drug-likeness (QED) is 0.0979. The maximum Gasteiger partial charge on any atom is 0.455 e. The third kappa shape index (κ3) is 6.78. The largest absolute Gasteiger partial charge is 0.507 e. The number of carboxylic acid groups (broad SMARTS) is 1. The molecule has 5 rings (SSSR count). The smallest absolute Gasteiger partial charge is 0.455 e. The van der Waals surface area contributed by atoms with E-state index in [1.165, 1.54) is 4.90 Å². The molecule has 226 valence electrons. The van der Waals surface area contributed by atoms with Crippen molar-refractivity contribution < 1.29 is 34.3 Å². The molecule has 0 spiro atoms. The van der Waals surface area contributed by atoms with Crippen molar-refractivity contribution in [2.24, 2.45) is 17.8 Å². The number of phenolic OH excluding ortho intramolecular Hbond substituents is 1. The first-order chi connectivity index (χ1) is 20.8. The van der Waals surface area contributed by atoms with Crippen LogP contribution in [0.3, 0.4) is 0 Å². The molecule has 2 heterocycles. The van der Waals surface area contributed by atoms with Gasteiger partial charge in [-0.2, -0.15) is 0 Å². The summed E-state index contributed by atoms with van der Waals surface area (Å²) in [7, 11) is -1.04. The molecule has 1 aliphatic carbocycles. The number of benzene rings is 2. The van der Waals surface area contributed by atoms with Gasteiger partial charge in [-0.1, -0.05) is 67.4 Å². The number of allylic oxidation sites excluding steroid dienone is 2. The number of phenols is 1. The highest BCUT2D eigenvalue weighted by molar-refractivity contribution is 6.43. The van der Waals surface area contributed by atoms with Crippen LogP contribution in [0.5, 0.6) is 5.75 Å². The maximum absolute atomic E-state index is 13.7. The number of nitrogens with zero attached hydrogens (tertiary/aromatic N) is 1. The molecule has 3 N–H and O–H groups in total. The van der Waals surface area contributed by atoms with Gasteiger partial charge in [-0.3, -0.25) is 19.3 Å². The summed E-state index contributed by atoms with van der Waals surface area (Å²) < 4.78 is 6.16. The van der Waals surface area contributed by atoms with Crippen molar-refractivity contribution in [2.45, 2.75) is 70.7 Å². The summed E-state index contributed by atoms with van der Waals surface area (Å²) in [6, 6.07) is 17.2. The lowest BCUT2D eigenvalue weighted by atomic mass is 9.58. The van der Waals surface area contributed by atoms with Gasteiger partial charge in [0, 0.05) is 18.5 Å². The van der Waals surface area contributed by atoms with Crippen LogP contribution in [0.25, 0.3) is 11.6 Å². The highest BCUT2D eigenvalue weighted by Crippen LogP contribution is 2.51. The maximum atomic E-state index is 13.7. The van der Waals surface area contributed by atoms with Gasteiger partial charge in [-0.25, -0.2) is 0 Å². The van der Waals surface area contributed by atoms with Crippen LogP contribution >= 0.6 is 0 Å². The van der Waals surface area contributed by atoms with E-state index in [2.05, 4.69) is 6.92 Å². The van der Waals surface area contributed by atoms with E-state index in [1.54, 1.807) is 12.1 Å². The Morgan fingerprint density at radius 1 is 1.00 bits per heavy atom. The number of aromatic hydroxyl groups is 1. The Bertz CT molecular complexity index is 1400. The number of carbonyl (C=O) groups excluding carboxylic acids is 2. The molecule has 4 atom stereocenters. The standard InChI is InChI=1S/C34H40BNO7/c1-2-22-20-26-32(34(41)36(33(26)40)18-10-4-7-15-30(38)39)27-21-35(42)43-29(31(22)27)17-16-24(23-11-5-3-6-12-23)19-25-13-8-9-14-28(25)37/h3,5-6,8-9,11-14,19,26-27,29,32,37,42H,2,4,7,10,15-18,20-21H2,1H3,(H,38,39)/b24-19-/t26-,27+,29-,32-/m1/s1. The van der Waals surface area contributed by atoms with Crippen LogP contribution in [-0.4, -0.2) is 57.7 Å². The normalized spacial score (nSPS) is 23.9. The van der Waals surface area contributed by atoms with Gasteiger partial charge in [0.2, 0.25) is 11.8 Å². The summed E-state index contributed by atoms with van der Waals surface area (Å²) in [6.45, 7) is 2.37. The lowest BCUT2D eigenvalue weighted by Crippen LogP contribution is -2.46. The molecule has 0 saturated carbocycles. The Morgan fingerprint density at radius 2 is 1.74 bits per heavy atom. The number of unbranched alkanes of at least 4 members (excludes halogenated alkanes) is 2. The van der Waals surface area contributed by atoms with Gasteiger partial charge in [-0.05, 0) is 79.6 Å². The van der Waals surface area contributed by atoms with E-state index in [9.17, 15) is 24.5 Å². The Balaban J connectivity index is 1.37. The summed E-state index contributed by atoms with van der Waals surface area (Å²) in [5.41, 5.74) is 4.97. The van der Waals surface area contributed by atoms with Crippen molar-refractivity contribution >= 4 is 36.6 Å². The van der Waals surface area contributed by atoms with Gasteiger partial charge in [0.15, 0.2) is 0 Å². The molecule has 2 aliphatic heterocycles. The summed E-state index contributed by atoms with van der Waals surface area (Å²) in [5, 5.41) is 30.2. The molecule has 43 heavy (non-hydrogen) atoms. The third-order valence-electron chi connectivity index (χ3n) is 9.19. The number of para-hydroxylation sites is 1. The molecule has 2 aromatic rings. The first-order valence-corrected chi connectivity index (χ1v) is 15.4. The van der Waals surface area contributed by atoms with Crippen molar-refractivity contribution in [3.63, 3.8) is 0 Å². The van der Waals surface area contributed by atoms with Gasteiger partial charge < -0.3 is 19.9 Å². The van der Waals surface area contributed by atoms with E-state index in [0.29, 0.717) is 45.1 Å². The number of imide groups is 1. The van der Waals surface area contributed by atoms with Crippen LogP contribution in [-0.2, 0) is 19.0 Å². The summed E-state index contributed by atoms with van der Waals surface area (Å²) in [4.78, 5) is 39.4. The van der Waals surface area contributed by atoms with Crippen molar-refractivity contribution in [1.29, 1.82) is 0 Å². The van der Waals surface area contributed by atoms with E-state index in [1.807, 2.05) is 48.5 Å². The van der Waals surface area contributed by atoms with Crippen molar-refractivity contribution in [3.05, 3.63) is 76.9 Å². The fourth-order valence-corrected chi connectivity index (χ4v) is 7.15. The van der Waals surface area contributed by atoms with Gasteiger partial charge in [-0.15, -0.1) is 0 Å². The zero-order valence-corrected chi connectivity index (χ0v) is 24.7. The molecule has 8 nitrogen and oxygen atoms in total. The van der Waals surface area contributed by atoms with Crippen molar-refractivity contribution in [2.75, 3.05) is 6.54 Å². The van der Waals surface area contributed by atoms with Gasteiger partial charge in [0.1, 0.15) is 5.75 Å². The number of amides is 2. The topological polar surface area (TPSA) is 124 Å². The second kappa shape index (κ2) is 13.7. The highest BCUT2D eigenvalue weighted by Gasteiger charge is 2.56. The van der Waals surface area contributed by atoms with Crippen molar-refractivity contribution in [3.8, 4) is 5.75 Å². The van der Waals surface area contributed by atoms with Crippen LogP contribution in [0.2, 0.25) is 6.32 Å². The zero-order chi connectivity index (χ0) is 30.5. The predicted octanol–water partition coefficient (Wildman–Crippen LogP) is 5.57. The summed E-state index contributed by atoms with van der Waals surface area (Å²) in [6.07, 6.45) is 6.13. The van der Waals surface area contributed by atoms with Crippen LogP contribution in [0, 0.1) is 17.8 Å². The molecule has 9 heteroatoms. The first kappa shape index (κ1) is 30.8. The third-order valence-corrected chi connectivity index (χ3v) is 9.19. The zero-order valence-electron chi connectivity index (χ0n) is 24.7. The first-order valence-electron chi connectivity index (χ1n) is 15.4. The average Bonchev–Trinajstić information content (AvgIpc) is 3.24. The molecular formula is C34H40BNO7. The van der Waals surface area contributed by atoms with Gasteiger partial charge in [0.25, 0.3) is 0 Å². The second-order valence-corrected chi connectivity index (χ2v) is 11.8. The molecule has 2 saturated heterocycles. The molecule has 0 aromatic heterocycles. The van der Waals surface area contributed by atoms with E-state index in [0.717, 1.165) is 34.3 Å². The van der Waals surface area contributed by atoms with Gasteiger partial charge >= 0.3 is 13.1 Å². The second-order valence-electron chi connectivity index (χ2n) is 11.8. The number of aliphatic carboxylic acids is 1. The van der Waals surface area contributed by atoms with E-state index >= 15 is 0 Å². The monoisotopic (exact) mass is 585 g/mol. The van der Waals surface area contributed by atoms with Crippen LogP contribution < -0.4 is 0 Å².